The summed E-state index contributed by atoms with van der Waals surface area (Å²) in [5, 5.41) is 0.880. The van der Waals surface area contributed by atoms with E-state index in [0.717, 1.165) is 48.0 Å². The number of aromatic nitrogens is 2. The normalized spacial score (nSPS) is 20.0. The smallest absolute Gasteiger partial charge is 0.258 e. The van der Waals surface area contributed by atoms with Crippen molar-refractivity contribution in [2.24, 2.45) is 5.92 Å². The lowest BCUT2D eigenvalue weighted by molar-refractivity contribution is 0.389. The predicted molar refractivity (Wildman–Crippen MR) is 121 cm³/mol. The average Bonchev–Trinajstić information content (AvgIpc) is 3.41. The van der Waals surface area contributed by atoms with Crippen molar-refractivity contribution < 1.29 is 0 Å². The number of hydrogen-bond acceptors (Lipinski definition) is 3. The van der Waals surface area contributed by atoms with Gasteiger partial charge in [-0.3, -0.25) is 9.36 Å². The molecule has 152 valence electrons. The van der Waals surface area contributed by atoms with Gasteiger partial charge in [-0.1, -0.05) is 67.8 Å². The molecular weight excluding hydrogens is 376 g/mol. The molecule has 1 spiro atoms. The molecule has 2 fully saturated rings. The van der Waals surface area contributed by atoms with Crippen LogP contribution in [0.15, 0.2) is 46.9 Å². The Labute approximate surface area is 177 Å². The lowest BCUT2D eigenvalue weighted by atomic mass is 9.68. The monoisotopic (exact) mass is 406 g/mol. The van der Waals surface area contributed by atoms with Crippen molar-refractivity contribution in [1.29, 1.82) is 0 Å². The van der Waals surface area contributed by atoms with Gasteiger partial charge in [0.05, 0.1) is 11.3 Å². The first-order chi connectivity index (χ1) is 14.2. The van der Waals surface area contributed by atoms with Gasteiger partial charge in [0, 0.05) is 23.3 Å². The summed E-state index contributed by atoms with van der Waals surface area (Å²) in [5.74, 6) is 1.40. The number of benzene rings is 1. The minimum Gasteiger partial charge on any atom is -0.287 e. The van der Waals surface area contributed by atoms with Gasteiger partial charge in [0.2, 0.25) is 0 Å². The molecule has 0 N–H and O–H groups in total. The Balaban J connectivity index is 1.72. The zero-order chi connectivity index (χ0) is 19.8. The molecule has 3 aliphatic rings. The zero-order valence-corrected chi connectivity index (χ0v) is 18.0. The van der Waals surface area contributed by atoms with Crippen molar-refractivity contribution in [3.05, 3.63) is 58.4 Å². The van der Waals surface area contributed by atoms with Crippen LogP contribution in [0.4, 0.5) is 0 Å². The van der Waals surface area contributed by atoms with E-state index in [4.69, 9.17) is 4.98 Å². The van der Waals surface area contributed by atoms with Crippen LogP contribution in [0.5, 0.6) is 0 Å². The molecule has 3 nitrogen and oxygen atoms in total. The SMILES string of the molecule is C=CCSc1nc2c(c(=O)n1CC1CCCC1)C1(CCCC1)Cc1ccccc1-2. The summed E-state index contributed by atoms with van der Waals surface area (Å²) in [5.41, 5.74) is 4.76. The van der Waals surface area contributed by atoms with E-state index in [1.165, 1.54) is 49.7 Å². The Kier molecular flexibility index (Phi) is 5.15. The fraction of sp³-hybridized carbons (Fsp3) is 0.520. The van der Waals surface area contributed by atoms with Crippen LogP contribution < -0.4 is 5.56 Å². The van der Waals surface area contributed by atoms with Crippen LogP contribution in [0.2, 0.25) is 0 Å². The molecule has 29 heavy (non-hydrogen) atoms. The Hall–Kier alpha value is -1.81. The van der Waals surface area contributed by atoms with Crippen LogP contribution >= 0.6 is 11.8 Å². The van der Waals surface area contributed by atoms with E-state index in [-0.39, 0.29) is 11.0 Å². The molecule has 5 rings (SSSR count). The third-order valence-corrected chi connectivity index (χ3v) is 8.24. The van der Waals surface area contributed by atoms with Crippen molar-refractivity contribution in [2.45, 2.75) is 74.9 Å². The Morgan fingerprint density at radius 3 is 2.69 bits per heavy atom. The molecule has 4 heteroatoms. The third-order valence-electron chi connectivity index (χ3n) is 7.27. The van der Waals surface area contributed by atoms with E-state index < -0.39 is 0 Å². The Morgan fingerprint density at radius 2 is 1.93 bits per heavy atom. The number of thioether (sulfide) groups is 1. The molecule has 2 aromatic rings. The minimum absolute atomic E-state index is 0.00711. The summed E-state index contributed by atoms with van der Waals surface area (Å²) in [6, 6.07) is 8.60. The molecule has 1 heterocycles. The topological polar surface area (TPSA) is 34.9 Å². The Morgan fingerprint density at radius 1 is 1.17 bits per heavy atom. The van der Waals surface area contributed by atoms with Gasteiger partial charge >= 0.3 is 0 Å². The highest BCUT2D eigenvalue weighted by Crippen LogP contribution is 2.50. The fourth-order valence-electron chi connectivity index (χ4n) is 5.90. The van der Waals surface area contributed by atoms with Gasteiger partial charge in [0.15, 0.2) is 5.16 Å². The second kappa shape index (κ2) is 7.79. The van der Waals surface area contributed by atoms with Crippen LogP contribution in [-0.4, -0.2) is 15.3 Å². The quantitative estimate of drug-likeness (QED) is 0.360. The maximum atomic E-state index is 14.0. The van der Waals surface area contributed by atoms with Crippen molar-refractivity contribution in [3.63, 3.8) is 0 Å². The van der Waals surface area contributed by atoms with E-state index in [9.17, 15) is 4.79 Å². The van der Waals surface area contributed by atoms with Gasteiger partial charge in [0.1, 0.15) is 0 Å². The summed E-state index contributed by atoms with van der Waals surface area (Å²) in [6.45, 7) is 4.71. The number of fused-ring (bicyclic) bond motifs is 4. The van der Waals surface area contributed by atoms with Crippen LogP contribution in [0.25, 0.3) is 11.3 Å². The zero-order valence-electron chi connectivity index (χ0n) is 17.2. The summed E-state index contributed by atoms with van der Waals surface area (Å²) in [4.78, 5) is 19.2. The summed E-state index contributed by atoms with van der Waals surface area (Å²) < 4.78 is 2.04. The van der Waals surface area contributed by atoms with E-state index in [2.05, 4.69) is 30.8 Å². The third kappa shape index (κ3) is 3.30. The van der Waals surface area contributed by atoms with Crippen LogP contribution in [0.1, 0.15) is 62.5 Å². The highest BCUT2D eigenvalue weighted by molar-refractivity contribution is 7.99. The maximum Gasteiger partial charge on any atom is 0.258 e. The molecule has 2 saturated carbocycles. The molecule has 0 atom stereocenters. The van der Waals surface area contributed by atoms with Gasteiger partial charge < -0.3 is 0 Å². The largest absolute Gasteiger partial charge is 0.287 e. The van der Waals surface area contributed by atoms with Crippen molar-refractivity contribution in [3.8, 4) is 11.3 Å². The van der Waals surface area contributed by atoms with Crippen LogP contribution in [0, 0.1) is 5.92 Å². The van der Waals surface area contributed by atoms with Gasteiger partial charge in [-0.2, -0.15) is 0 Å². The maximum absolute atomic E-state index is 14.0. The highest BCUT2D eigenvalue weighted by Gasteiger charge is 2.44. The lowest BCUT2D eigenvalue weighted by Gasteiger charge is -2.36. The first kappa shape index (κ1) is 19.2. The van der Waals surface area contributed by atoms with Crippen molar-refractivity contribution in [2.75, 3.05) is 5.75 Å². The van der Waals surface area contributed by atoms with Crippen molar-refractivity contribution in [1.82, 2.24) is 9.55 Å². The van der Waals surface area contributed by atoms with Gasteiger partial charge in [-0.15, -0.1) is 6.58 Å². The molecule has 0 amide bonds. The standard InChI is InChI=1S/C25H30N2OS/c1-2-15-29-24-26-22-20-12-6-5-11-19(20)16-25(13-7-8-14-25)21(22)23(28)27(24)17-18-9-3-4-10-18/h2,5-6,11-12,18H,1,3-4,7-10,13-17H2. The molecule has 3 aliphatic carbocycles. The van der Waals surface area contributed by atoms with Gasteiger partial charge in [0.25, 0.3) is 5.56 Å². The first-order valence-corrected chi connectivity index (χ1v) is 12.2. The van der Waals surface area contributed by atoms with Gasteiger partial charge in [-0.25, -0.2) is 4.98 Å². The molecule has 0 unspecified atom stereocenters. The van der Waals surface area contributed by atoms with Crippen LogP contribution in [0.3, 0.4) is 0 Å². The number of rotatable bonds is 5. The first-order valence-electron chi connectivity index (χ1n) is 11.2. The highest BCUT2D eigenvalue weighted by atomic mass is 32.2. The van der Waals surface area contributed by atoms with E-state index >= 15 is 0 Å². The van der Waals surface area contributed by atoms with Crippen molar-refractivity contribution >= 4 is 11.8 Å². The van der Waals surface area contributed by atoms with E-state index in [1.54, 1.807) is 11.8 Å². The second-order valence-corrected chi connectivity index (χ2v) is 10.1. The predicted octanol–water partition coefficient (Wildman–Crippen LogP) is 5.75. The Bertz CT molecular complexity index is 981. The van der Waals surface area contributed by atoms with E-state index in [0.29, 0.717) is 5.92 Å². The number of nitrogens with zero attached hydrogens (tertiary/aromatic N) is 2. The second-order valence-electron chi connectivity index (χ2n) is 9.11. The van der Waals surface area contributed by atoms with Gasteiger partial charge in [-0.05, 0) is 43.6 Å². The molecule has 0 aliphatic heterocycles. The fourth-order valence-corrected chi connectivity index (χ4v) is 6.64. The molecule has 0 saturated heterocycles. The molecule has 0 bridgehead atoms. The summed E-state index contributed by atoms with van der Waals surface area (Å²) in [6.07, 6.45) is 12.6. The average molecular weight is 407 g/mol. The minimum atomic E-state index is -0.00711. The number of hydrogen-bond donors (Lipinski definition) is 0. The lowest BCUT2D eigenvalue weighted by Crippen LogP contribution is -2.41. The van der Waals surface area contributed by atoms with Crippen LogP contribution in [-0.2, 0) is 18.4 Å². The molecular formula is C25H30N2OS. The molecule has 1 aromatic heterocycles. The summed E-state index contributed by atoms with van der Waals surface area (Å²) >= 11 is 1.66. The summed E-state index contributed by atoms with van der Waals surface area (Å²) in [7, 11) is 0. The molecule has 0 radical (unpaired) electrons. The molecule has 1 aromatic carbocycles. The van der Waals surface area contributed by atoms with E-state index in [1.807, 2.05) is 10.6 Å².